The summed E-state index contributed by atoms with van der Waals surface area (Å²) in [5.41, 5.74) is -0.0839. The second kappa shape index (κ2) is 9.07. The molecule has 0 aliphatic carbocycles. The van der Waals surface area contributed by atoms with E-state index in [9.17, 15) is 22.8 Å². The molecular weight excluding hydrogens is 363 g/mol. The molecule has 0 bridgehead atoms. The third-order valence-corrected chi connectivity index (χ3v) is 3.63. The first-order valence-corrected chi connectivity index (χ1v) is 8.04. The first kappa shape index (κ1) is 20.3. The van der Waals surface area contributed by atoms with Gasteiger partial charge in [0, 0.05) is 12.1 Å². The van der Waals surface area contributed by atoms with Gasteiger partial charge in [-0.05, 0) is 36.2 Å². The molecule has 0 aliphatic heterocycles. The van der Waals surface area contributed by atoms with Gasteiger partial charge < -0.3 is 14.8 Å². The van der Waals surface area contributed by atoms with E-state index in [0.29, 0.717) is 12.2 Å². The number of amides is 1. The van der Waals surface area contributed by atoms with Crippen molar-refractivity contribution in [2.75, 3.05) is 19.0 Å². The molecule has 144 valence electrons. The van der Waals surface area contributed by atoms with Crippen LogP contribution in [-0.4, -0.2) is 25.6 Å². The van der Waals surface area contributed by atoms with Crippen LogP contribution in [0.2, 0.25) is 0 Å². The molecule has 27 heavy (non-hydrogen) atoms. The van der Waals surface area contributed by atoms with Gasteiger partial charge >= 0.3 is 12.1 Å². The Hall–Kier alpha value is -3.03. The number of methoxy groups -OCH3 is 1. The van der Waals surface area contributed by atoms with Crippen molar-refractivity contribution in [2.24, 2.45) is 0 Å². The number of hydrogen-bond donors (Lipinski definition) is 1. The smallest absolute Gasteiger partial charge is 0.416 e. The summed E-state index contributed by atoms with van der Waals surface area (Å²) in [5, 5.41) is 2.27. The number of rotatable bonds is 7. The van der Waals surface area contributed by atoms with Crippen LogP contribution in [0.1, 0.15) is 17.5 Å². The molecule has 1 amide bonds. The molecule has 0 fully saturated rings. The van der Waals surface area contributed by atoms with Crippen molar-refractivity contribution in [2.45, 2.75) is 19.0 Å². The highest BCUT2D eigenvalue weighted by molar-refractivity contribution is 5.92. The van der Waals surface area contributed by atoms with E-state index in [1.54, 1.807) is 12.1 Å². The number of benzene rings is 2. The normalized spacial score (nSPS) is 11.0. The van der Waals surface area contributed by atoms with E-state index in [-0.39, 0.29) is 12.1 Å². The van der Waals surface area contributed by atoms with Crippen molar-refractivity contribution in [3.63, 3.8) is 0 Å². The Morgan fingerprint density at radius 3 is 2.52 bits per heavy atom. The van der Waals surface area contributed by atoms with Gasteiger partial charge in [-0.25, -0.2) is 0 Å². The summed E-state index contributed by atoms with van der Waals surface area (Å²) in [7, 11) is 1.52. The minimum Gasteiger partial charge on any atom is -0.496 e. The van der Waals surface area contributed by atoms with Crippen LogP contribution in [0.25, 0.3) is 0 Å². The molecule has 5 nitrogen and oxygen atoms in total. The fraction of sp³-hybridized carbons (Fsp3) is 0.263. The van der Waals surface area contributed by atoms with Gasteiger partial charge in [0.1, 0.15) is 5.75 Å². The standard InChI is InChI=1S/C19H18F3NO4/c1-26-16-8-3-2-5-13(16)9-10-18(25)27-12-17(24)23-15-7-4-6-14(11-15)19(20,21)22/h2-8,11H,9-10,12H2,1H3,(H,23,24). The van der Waals surface area contributed by atoms with Gasteiger partial charge in [-0.3, -0.25) is 9.59 Å². The van der Waals surface area contributed by atoms with Gasteiger partial charge in [0.05, 0.1) is 12.7 Å². The van der Waals surface area contributed by atoms with Gasteiger partial charge in [0.25, 0.3) is 5.91 Å². The number of nitrogens with one attached hydrogen (secondary N) is 1. The Balaban J connectivity index is 1.81. The molecule has 1 N–H and O–H groups in total. The van der Waals surface area contributed by atoms with Crippen molar-refractivity contribution in [1.29, 1.82) is 0 Å². The molecular formula is C19H18F3NO4. The third-order valence-electron chi connectivity index (χ3n) is 3.63. The largest absolute Gasteiger partial charge is 0.496 e. The number of carbonyl (C=O) groups is 2. The Morgan fingerprint density at radius 1 is 1.07 bits per heavy atom. The highest BCUT2D eigenvalue weighted by Gasteiger charge is 2.30. The minimum atomic E-state index is -4.51. The number of para-hydroxylation sites is 1. The van der Waals surface area contributed by atoms with Crippen LogP contribution in [0.3, 0.4) is 0 Å². The van der Waals surface area contributed by atoms with Crippen molar-refractivity contribution < 1.29 is 32.2 Å². The number of alkyl halides is 3. The molecule has 2 aromatic carbocycles. The van der Waals surface area contributed by atoms with Crippen LogP contribution in [-0.2, 0) is 26.9 Å². The number of hydrogen-bond acceptors (Lipinski definition) is 4. The lowest BCUT2D eigenvalue weighted by Crippen LogP contribution is -2.21. The fourth-order valence-corrected chi connectivity index (χ4v) is 2.33. The van der Waals surface area contributed by atoms with Gasteiger partial charge in [-0.15, -0.1) is 0 Å². The third kappa shape index (κ3) is 6.32. The number of esters is 1. The fourth-order valence-electron chi connectivity index (χ4n) is 2.33. The molecule has 0 heterocycles. The summed E-state index contributed by atoms with van der Waals surface area (Å²) in [6.45, 7) is -0.582. The van der Waals surface area contributed by atoms with Crippen LogP contribution >= 0.6 is 0 Å². The summed E-state index contributed by atoms with van der Waals surface area (Å²) >= 11 is 0. The van der Waals surface area contributed by atoms with E-state index in [1.165, 1.54) is 19.2 Å². The summed E-state index contributed by atoms with van der Waals surface area (Å²) in [6.07, 6.45) is -4.10. The quantitative estimate of drug-likeness (QED) is 0.741. The first-order valence-electron chi connectivity index (χ1n) is 8.04. The summed E-state index contributed by atoms with van der Waals surface area (Å²) in [4.78, 5) is 23.5. The zero-order valence-electron chi connectivity index (χ0n) is 14.5. The molecule has 0 atom stereocenters. The second-order valence-electron chi connectivity index (χ2n) is 5.60. The molecule has 2 aromatic rings. The minimum absolute atomic E-state index is 0.0279. The molecule has 0 saturated heterocycles. The zero-order valence-corrected chi connectivity index (χ0v) is 14.5. The molecule has 0 spiro atoms. The highest BCUT2D eigenvalue weighted by atomic mass is 19.4. The molecule has 2 rings (SSSR count). The maximum atomic E-state index is 12.6. The van der Waals surface area contributed by atoms with E-state index < -0.39 is 30.2 Å². The van der Waals surface area contributed by atoms with Crippen LogP contribution in [0, 0.1) is 0 Å². The number of carbonyl (C=O) groups excluding carboxylic acids is 2. The monoisotopic (exact) mass is 381 g/mol. The topological polar surface area (TPSA) is 64.6 Å². The molecule has 0 saturated carbocycles. The van der Waals surface area contributed by atoms with Crippen LogP contribution in [0.15, 0.2) is 48.5 Å². The lowest BCUT2D eigenvalue weighted by atomic mass is 10.1. The van der Waals surface area contributed by atoms with Gasteiger partial charge in [0.15, 0.2) is 6.61 Å². The molecule has 0 unspecified atom stereocenters. The molecule has 8 heteroatoms. The van der Waals surface area contributed by atoms with Gasteiger partial charge in [-0.2, -0.15) is 13.2 Å². The van der Waals surface area contributed by atoms with Crippen molar-refractivity contribution >= 4 is 17.6 Å². The Kier molecular flexibility index (Phi) is 6.81. The van der Waals surface area contributed by atoms with Crippen molar-refractivity contribution in [3.8, 4) is 5.75 Å². The molecule has 0 aliphatic rings. The summed E-state index contributed by atoms with van der Waals surface area (Å²) in [6, 6.07) is 11.4. The summed E-state index contributed by atoms with van der Waals surface area (Å²) in [5.74, 6) is -0.673. The Labute approximate surface area is 154 Å². The van der Waals surface area contributed by atoms with E-state index in [4.69, 9.17) is 9.47 Å². The predicted molar refractivity (Wildman–Crippen MR) is 92.3 cm³/mol. The zero-order chi connectivity index (χ0) is 19.9. The van der Waals surface area contributed by atoms with E-state index in [1.807, 2.05) is 12.1 Å². The maximum Gasteiger partial charge on any atom is 0.416 e. The van der Waals surface area contributed by atoms with E-state index >= 15 is 0 Å². The SMILES string of the molecule is COc1ccccc1CCC(=O)OCC(=O)Nc1cccc(C(F)(F)F)c1. The first-order chi connectivity index (χ1) is 12.8. The van der Waals surface area contributed by atoms with E-state index in [2.05, 4.69) is 5.32 Å². The average Bonchev–Trinajstić information content (AvgIpc) is 2.64. The summed E-state index contributed by atoms with van der Waals surface area (Å²) < 4.78 is 48.0. The number of anilines is 1. The van der Waals surface area contributed by atoms with Crippen LogP contribution < -0.4 is 10.1 Å². The van der Waals surface area contributed by atoms with E-state index in [0.717, 1.165) is 17.7 Å². The van der Waals surface area contributed by atoms with Gasteiger partial charge in [-0.1, -0.05) is 24.3 Å². The number of ether oxygens (including phenoxy) is 2. The Morgan fingerprint density at radius 2 is 1.81 bits per heavy atom. The molecule has 0 aromatic heterocycles. The van der Waals surface area contributed by atoms with Crippen molar-refractivity contribution in [3.05, 3.63) is 59.7 Å². The average molecular weight is 381 g/mol. The lowest BCUT2D eigenvalue weighted by molar-refractivity contribution is -0.147. The van der Waals surface area contributed by atoms with Gasteiger partial charge in [0.2, 0.25) is 0 Å². The predicted octanol–water partition coefficient (Wildman–Crippen LogP) is 3.83. The Bertz CT molecular complexity index is 806. The lowest BCUT2D eigenvalue weighted by Gasteiger charge is -2.10. The number of aryl methyl sites for hydroxylation is 1. The van der Waals surface area contributed by atoms with Crippen LogP contribution in [0.5, 0.6) is 5.75 Å². The maximum absolute atomic E-state index is 12.6. The van der Waals surface area contributed by atoms with Crippen molar-refractivity contribution in [1.82, 2.24) is 0 Å². The number of halogens is 3. The molecule has 0 radical (unpaired) electrons. The highest BCUT2D eigenvalue weighted by Crippen LogP contribution is 2.30. The second-order valence-corrected chi connectivity index (χ2v) is 5.60. The van der Waals surface area contributed by atoms with Crippen LogP contribution in [0.4, 0.5) is 18.9 Å².